The maximum absolute atomic E-state index is 12.5. The third-order valence-electron chi connectivity index (χ3n) is 4.13. The van der Waals surface area contributed by atoms with Crippen molar-refractivity contribution in [3.8, 4) is 5.88 Å². The predicted octanol–water partition coefficient (Wildman–Crippen LogP) is 3.84. The second-order valence-corrected chi connectivity index (χ2v) is 8.77. The Kier molecular flexibility index (Phi) is 6.07. The summed E-state index contributed by atoms with van der Waals surface area (Å²) in [4.78, 5) is 25.9. The van der Waals surface area contributed by atoms with Crippen molar-refractivity contribution in [1.82, 2.24) is 10.1 Å². The molecule has 0 saturated heterocycles. The number of esters is 1. The van der Waals surface area contributed by atoms with E-state index < -0.39 is 17.1 Å². The molecule has 1 amide bonds. The maximum atomic E-state index is 12.5. The number of aryl methyl sites for hydroxylation is 1. The minimum absolute atomic E-state index is 0.242. The summed E-state index contributed by atoms with van der Waals surface area (Å²) in [5, 5.41) is 3.96. The topological polar surface area (TPSA) is 91.1 Å². The van der Waals surface area contributed by atoms with Crippen LogP contribution < -0.4 is 4.74 Å². The van der Waals surface area contributed by atoms with Crippen LogP contribution in [0.1, 0.15) is 71.7 Å². The van der Waals surface area contributed by atoms with Crippen molar-refractivity contribution in [2.24, 2.45) is 5.41 Å². The number of rotatable bonds is 4. The summed E-state index contributed by atoms with van der Waals surface area (Å²) in [5.41, 5.74) is -0.495. The number of hydrogen-bond acceptors (Lipinski definition) is 7. The van der Waals surface area contributed by atoms with Crippen LogP contribution in [0.2, 0.25) is 0 Å². The molecule has 0 bridgehead atoms. The summed E-state index contributed by atoms with van der Waals surface area (Å²) in [7, 11) is 1.68. The lowest BCUT2D eigenvalue weighted by molar-refractivity contribution is -0.159. The van der Waals surface area contributed by atoms with Crippen LogP contribution in [0.4, 0.5) is 4.79 Å². The molecule has 8 nitrogen and oxygen atoms in total. The van der Waals surface area contributed by atoms with Crippen LogP contribution >= 0.6 is 0 Å². The highest BCUT2D eigenvalue weighted by molar-refractivity contribution is 5.75. The predicted molar refractivity (Wildman–Crippen MR) is 97.2 cm³/mol. The Hall–Kier alpha value is -2.25. The van der Waals surface area contributed by atoms with E-state index in [1.807, 2.05) is 20.8 Å². The lowest BCUT2D eigenvalue weighted by atomic mass is 9.92. The molecule has 1 unspecified atom stereocenters. The normalized spacial score (nSPS) is 17.1. The molecule has 1 aliphatic rings. The van der Waals surface area contributed by atoms with Crippen LogP contribution in [0.5, 0.6) is 5.88 Å². The van der Waals surface area contributed by atoms with Crippen LogP contribution in [0.15, 0.2) is 4.52 Å². The first-order valence-corrected chi connectivity index (χ1v) is 9.14. The Morgan fingerprint density at radius 1 is 1.22 bits per heavy atom. The van der Waals surface area contributed by atoms with E-state index in [4.69, 9.17) is 18.7 Å². The second-order valence-electron chi connectivity index (χ2n) is 8.77. The summed E-state index contributed by atoms with van der Waals surface area (Å²) in [6.07, 6.45) is 1.89. The third-order valence-corrected chi connectivity index (χ3v) is 4.13. The number of nitrogens with zero attached hydrogens (tertiary/aromatic N) is 2. The standard InChI is InChI=1S/C19H30N2O6/c1-18(2,3)16(22)25-11-24-15-14-12(9-8-10-13(14)27-20-15)21(7)17(23)26-19(4,5)6/h12H,8-11H2,1-7H3. The van der Waals surface area contributed by atoms with Crippen molar-refractivity contribution in [1.29, 1.82) is 0 Å². The smallest absolute Gasteiger partial charge is 0.410 e. The fourth-order valence-electron chi connectivity index (χ4n) is 2.73. The first-order valence-electron chi connectivity index (χ1n) is 9.14. The van der Waals surface area contributed by atoms with Gasteiger partial charge in [-0.1, -0.05) is 0 Å². The van der Waals surface area contributed by atoms with Gasteiger partial charge in [0, 0.05) is 13.5 Å². The zero-order chi connectivity index (χ0) is 20.4. The number of aromatic nitrogens is 1. The molecule has 0 aromatic carbocycles. The lowest BCUT2D eigenvalue weighted by Crippen LogP contribution is -2.37. The zero-order valence-electron chi connectivity index (χ0n) is 17.2. The molecule has 0 aliphatic heterocycles. The fraction of sp³-hybridized carbons (Fsp3) is 0.737. The van der Waals surface area contributed by atoms with E-state index >= 15 is 0 Å². The van der Waals surface area contributed by atoms with Crippen LogP contribution in [-0.4, -0.2) is 41.6 Å². The van der Waals surface area contributed by atoms with Gasteiger partial charge in [0.15, 0.2) is 0 Å². The number of fused-ring (bicyclic) bond motifs is 1. The molecule has 2 rings (SSSR count). The molecule has 1 aromatic heterocycles. The summed E-state index contributed by atoms with van der Waals surface area (Å²) < 4.78 is 21.5. The van der Waals surface area contributed by atoms with Crippen LogP contribution in [0.25, 0.3) is 0 Å². The highest BCUT2D eigenvalue weighted by atomic mass is 16.7. The minimum atomic E-state index is -0.619. The molecule has 0 radical (unpaired) electrons. The van der Waals surface area contributed by atoms with Gasteiger partial charge in [-0.15, -0.1) is 0 Å². The van der Waals surface area contributed by atoms with Crippen LogP contribution in [-0.2, 0) is 20.7 Å². The minimum Gasteiger partial charge on any atom is -0.444 e. The molecular formula is C19H30N2O6. The average molecular weight is 382 g/mol. The van der Waals surface area contributed by atoms with Gasteiger partial charge in [-0.05, 0) is 59.5 Å². The Morgan fingerprint density at radius 3 is 2.48 bits per heavy atom. The molecule has 1 aromatic rings. The molecule has 0 saturated carbocycles. The first kappa shape index (κ1) is 21.1. The van der Waals surface area contributed by atoms with E-state index in [1.165, 1.54) is 4.90 Å². The van der Waals surface area contributed by atoms with Gasteiger partial charge in [-0.2, -0.15) is 0 Å². The van der Waals surface area contributed by atoms with Crippen LogP contribution in [0.3, 0.4) is 0 Å². The quantitative estimate of drug-likeness (QED) is 0.577. The van der Waals surface area contributed by atoms with Gasteiger partial charge >= 0.3 is 12.1 Å². The molecule has 8 heteroatoms. The molecule has 152 valence electrons. The van der Waals surface area contributed by atoms with E-state index in [0.29, 0.717) is 17.7 Å². The largest absolute Gasteiger partial charge is 0.444 e. The molecule has 27 heavy (non-hydrogen) atoms. The van der Waals surface area contributed by atoms with Gasteiger partial charge in [0.1, 0.15) is 11.4 Å². The maximum Gasteiger partial charge on any atom is 0.410 e. The highest BCUT2D eigenvalue weighted by Crippen LogP contribution is 2.40. The van der Waals surface area contributed by atoms with Gasteiger partial charge < -0.3 is 23.6 Å². The van der Waals surface area contributed by atoms with E-state index in [-0.39, 0.29) is 24.7 Å². The summed E-state index contributed by atoms with van der Waals surface area (Å²) in [6.45, 7) is 10.5. The van der Waals surface area contributed by atoms with Gasteiger partial charge in [0.2, 0.25) is 6.79 Å². The van der Waals surface area contributed by atoms with E-state index in [9.17, 15) is 9.59 Å². The SMILES string of the molecule is CN(C(=O)OC(C)(C)C)C1CCCc2onc(OCOC(=O)C(C)(C)C)c21. The second kappa shape index (κ2) is 7.78. The van der Waals surface area contributed by atoms with E-state index in [2.05, 4.69) is 5.16 Å². The van der Waals surface area contributed by atoms with Crippen molar-refractivity contribution < 1.29 is 28.3 Å². The Morgan fingerprint density at radius 2 is 1.89 bits per heavy atom. The highest BCUT2D eigenvalue weighted by Gasteiger charge is 2.35. The fourth-order valence-corrected chi connectivity index (χ4v) is 2.73. The van der Waals surface area contributed by atoms with Crippen LogP contribution in [0, 0.1) is 5.41 Å². The average Bonchev–Trinajstić information content (AvgIpc) is 2.95. The molecule has 1 atom stereocenters. The monoisotopic (exact) mass is 382 g/mol. The summed E-state index contributed by atoms with van der Waals surface area (Å²) >= 11 is 0. The van der Waals surface area contributed by atoms with Crippen molar-refractivity contribution in [3.63, 3.8) is 0 Å². The molecule has 1 aliphatic carbocycles. The molecule has 0 spiro atoms. The van der Waals surface area contributed by atoms with Gasteiger partial charge in [0.25, 0.3) is 5.88 Å². The summed E-state index contributed by atoms with van der Waals surface area (Å²) in [6, 6.07) is -0.275. The molecule has 1 heterocycles. The van der Waals surface area contributed by atoms with Crippen molar-refractivity contribution >= 4 is 12.1 Å². The third kappa shape index (κ3) is 5.37. The van der Waals surface area contributed by atoms with E-state index in [0.717, 1.165) is 12.8 Å². The number of carbonyl (C=O) groups excluding carboxylic acids is 2. The Balaban J connectivity index is 2.11. The first-order chi connectivity index (χ1) is 12.4. The zero-order valence-corrected chi connectivity index (χ0v) is 17.2. The lowest BCUT2D eigenvalue weighted by Gasteiger charge is -2.32. The number of carbonyl (C=O) groups is 2. The Bertz CT molecular complexity index is 683. The molecular weight excluding hydrogens is 352 g/mol. The van der Waals surface area contributed by atoms with E-state index in [1.54, 1.807) is 27.8 Å². The molecule has 0 N–H and O–H groups in total. The Labute approximate surface area is 160 Å². The van der Waals surface area contributed by atoms with Crippen molar-refractivity contribution in [2.75, 3.05) is 13.8 Å². The van der Waals surface area contributed by atoms with Gasteiger partial charge in [-0.3, -0.25) is 4.79 Å². The van der Waals surface area contributed by atoms with Gasteiger partial charge in [-0.25, -0.2) is 4.79 Å². The summed E-state index contributed by atoms with van der Waals surface area (Å²) in [5.74, 6) is 0.549. The van der Waals surface area contributed by atoms with Crippen molar-refractivity contribution in [2.45, 2.75) is 72.4 Å². The van der Waals surface area contributed by atoms with Gasteiger partial charge in [0.05, 0.1) is 17.0 Å². The molecule has 0 fully saturated rings. The van der Waals surface area contributed by atoms with Crippen molar-refractivity contribution in [3.05, 3.63) is 11.3 Å². The number of hydrogen-bond donors (Lipinski definition) is 0. The number of ether oxygens (including phenoxy) is 3. The number of amides is 1.